The standard InChI is InChI=1S/C42H58O43/c43-1-2(44)22(29(58)59)80-37(10(1)52)75-17-4(46)12(54)39(82-24(17)31(62)63)77-19-6(48)14(56)41(84-26(19)33(66)67)79-21-8(50)15(57)42(85-28(21)35(70)71)78-20-7(49)13(55)40(83-27(20)34(68)69)76-18-5(47)11(53)38(81-25(18)32(64)65)74-16-3(45)9(51)36(72)73-23(16)30(60)61/h1-28,36-57,72H,(H,58,59)(H,60,61)(H,62,63)(H,64,65)(H,66,67)(H,68,69)(H,70,71)/t1-,2+,3+,4+,5+,6+,7+,8+,9+,10+,11+,12+,13+,14+,15+,16+,17+,18+,19+,20+,21+,22-,23-,24-,25-,26-,27-,28-,36+,37-,38-,39-,40-,41-,42-/m0/s1. The van der Waals surface area contributed by atoms with Crippen molar-refractivity contribution in [3.05, 3.63) is 0 Å². The maximum Gasteiger partial charge on any atom is 0.335 e. The molecule has 0 radical (unpaired) electrons. The fourth-order valence-corrected chi connectivity index (χ4v) is 9.79. The van der Waals surface area contributed by atoms with Crippen LogP contribution in [0.5, 0.6) is 0 Å². The third-order valence-corrected chi connectivity index (χ3v) is 14.3. The van der Waals surface area contributed by atoms with Crippen LogP contribution in [0.4, 0.5) is 0 Å². The Balaban J connectivity index is 1.01. The number of carboxylic acid groups (broad SMARTS) is 7. The predicted molar refractivity (Wildman–Crippen MR) is 236 cm³/mol. The van der Waals surface area contributed by atoms with Gasteiger partial charge in [0.25, 0.3) is 0 Å². The van der Waals surface area contributed by atoms with Gasteiger partial charge >= 0.3 is 41.8 Å². The Morgan fingerprint density at radius 2 is 0.365 bits per heavy atom. The van der Waals surface area contributed by atoms with Crippen molar-refractivity contribution in [3.63, 3.8) is 0 Å². The number of hydrogen-bond donors (Lipinski definition) is 23. The van der Waals surface area contributed by atoms with Crippen molar-refractivity contribution in [1.82, 2.24) is 0 Å². The van der Waals surface area contributed by atoms with Gasteiger partial charge in [-0.1, -0.05) is 0 Å². The van der Waals surface area contributed by atoms with E-state index in [9.17, 15) is 151 Å². The zero-order chi connectivity index (χ0) is 63.4. The molecule has 484 valence electrons. The van der Waals surface area contributed by atoms with Crippen LogP contribution < -0.4 is 0 Å². The molecule has 23 N–H and O–H groups in total. The summed E-state index contributed by atoms with van der Waals surface area (Å²) in [7, 11) is 0. The lowest BCUT2D eigenvalue weighted by Crippen LogP contribution is -2.69. The molecule has 0 aromatic heterocycles. The van der Waals surface area contributed by atoms with E-state index in [1.54, 1.807) is 0 Å². The van der Waals surface area contributed by atoms with Crippen LogP contribution in [-0.4, -0.2) is 374 Å². The first-order valence-electron chi connectivity index (χ1n) is 24.6. The van der Waals surface area contributed by atoms with Crippen LogP contribution in [0, 0.1) is 0 Å². The van der Waals surface area contributed by atoms with Gasteiger partial charge in [0.15, 0.2) is 86.8 Å². The van der Waals surface area contributed by atoms with Crippen molar-refractivity contribution in [2.24, 2.45) is 0 Å². The zero-order valence-electron chi connectivity index (χ0n) is 42.2. The molecule has 7 rings (SSSR count). The molecule has 0 unspecified atom stereocenters. The topological polar surface area (TPSA) is 705 Å². The molecule has 43 heteroatoms. The molecule has 85 heavy (non-hydrogen) atoms. The second-order valence-corrected chi connectivity index (χ2v) is 19.8. The molecule has 7 fully saturated rings. The summed E-state index contributed by atoms with van der Waals surface area (Å²) in [5, 5.41) is 241. The SMILES string of the molecule is O=C(O)[C@H]1O[C@H](O[C@@H]2[C@H](O)[C@@H](O)[C@@H](O[C@@H]3[C@H](O)[C@@H](O)[C@@H](O[C@@H]4[C@H](O)[C@@H](O)[C@@H](O[C@@H]5[C@H](O)[C@@H](O)[C@@H](O[C@@H]6[C@H](O)[C@@H](O)[C@@H](O[C@@H]7[C@H](O)[C@@H](O)[C@H](O)O[C@@H]7C(=O)O)O[C@@H]6C(=O)O)O[C@@H]5C(=O)O)O[C@@H]4C(=O)O)O[C@@H]3C(=O)O)O[C@@H]2C(=O)O)[C@H](O)[C@@H](O)[C@H]1O. The van der Waals surface area contributed by atoms with Crippen LogP contribution >= 0.6 is 0 Å². The highest BCUT2D eigenvalue weighted by molar-refractivity contribution is 5.76. The molecule has 0 aromatic carbocycles. The van der Waals surface area contributed by atoms with Crippen molar-refractivity contribution in [3.8, 4) is 0 Å². The molecular weight excluding hydrogens is 1190 g/mol. The molecule has 7 heterocycles. The van der Waals surface area contributed by atoms with Crippen LogP contribution in [0.2, 0.25) is 0 Å². The van der Waals surface area contributed by atoms with Crippen LogP contribution in [0.25, 0.3) is 0 Å². The van der Waals surface area contributed by atoms with Crippen LogP contribution in [-0.2, 0) is 95.1 Å². The number of aliphatic hydroxyl groups is 16. The van der Waals surface area contributed by atoms with E-state index in [0.29, 0.717) is 0 Å². The van der Waals surface area contributed by atoms with Gasteiger partial charge in [-0.2, -0.15) is 0 Å². The quantitative estimate of drug-likeness (QED) is 0.0571. The van der Waals surface area contributed by atoms with Crippen LogP contribution in [0.3, 0.4) is 0 Å². The Labute approximate surface area is 469 Å². The third kappa shape index (κ3) is 13.4. The number of carbonyl (C=O) groups is 7. The van der Waals surface area contributed by atoms with E-state index in [4.69, 9.17) is 56.8 Å². The number of hydrogen-bond acceptors (Lipinski definition) is 36. The Morgan fingerprint density at radius 3 is 0.565 bits per heavy atom. The van der Waals surface area contributed by atoms with Gasteiger partial charge in [-0.15, -0.1) is 0 Å². The summed E-state index contributed by atoms with van der Waals surface area (Å²) in [6.45, 7) is 0. The van der Waals surface area contributed by atoms with E-state index < -0.39 is 257 Å². The van der Waals surface area contributed by atoms with E-state index in [2.05, 4.69) is 4.74 Å². The molecule has 35 atom stereocenters. The molecule has 43 nitrogen and oxygen atoms in total. The predicted octanol–water partition coefficient (Wildman–Crippen LogP) is -15.6. The largest absolute Gasteiger partial charge is 0.479 e. The molecule has 7 saturated heterocycles. The first-order chi connectivity index (χ1) is 39.6. The number of rotatable bonds is 19. The summed E-state index contributed by atoms with van der Waals surface area (Å²) in [5.74, 6) is -14.5. The van der Waals surface area contributed by atoms with Crippen molar-refractivity contribution >= 4 is 41.8 Å². The number of aliphatic hydroxyl groups excluding tert-OH is 16. The van der Waals surface area contributed by atoms with Gasteiger partial charge in [-0.3, -0.25) is 0 Å². The molecule has 7 aliphatic heterocycles. The average molecular weight is 1250 g/mol. The van der Waals surface area contributed by atoms with Crippen molar-refractivity contribution in [2.75, 3.05) is 0 Å². The summed E-state index contributed by atoms with van der Waals surface area (Å²) in [5.41, 5.74) is 0. The van der Waals surface area contributed by atoms with Crippen molar-refractivity contribution in [1.29, 1.82) is 0 Å². The average Bonchev–Trinajstić information content (AvgIpc) is 3.42. The van der Waals surface area contributed by atoms with Crippen molar-refractivity contribution in [2.45, 2.75) is 215 Å². The Bertz CT molecular complexity index is 2400. The lowest BCUT2D eigenvalue weighted by molar-refractivity contribution is -0.388. The maximum absolute atomic E-state index is 12.6. The lowest BCUT2D eigenvalue weighted by Gasteiger charge is -2.48. The van der Waals surface area contributed by atoms with E-state index in [1.807, 2.05) is 0 Å². The molecule has 0 amide bonds. The molecule has 0 spiro atoms. The van der Waals surface area contributed by atoms with E-state index in [1.165, 1.54) is 0 Å². The van der Waals surface area contributed by atoms with E-state index in [-0.39, 0.29) is 0 Å². The highest BCUT2D eigenvalue weighted by Gasteiger charge is 2.62. The molecule has 0 bridgehead atoms. The first kappa shape index (κ1) is 67.6. The Morgan fingerprint density at radius 1 is 0.200 bits per heavy atom. The minimum absolute atomic E-state index is 1.91. The monoisotopic (exact) mass is 1250 g/mol. The van der Waals surface area contributed by atoms with Gasteiger partial charge in [0, 0.05) is 0 Å². The number of ether oxygens (including phenoxy) is 13. The van der Waals surface area contributed by atoms with Crippen LogP contribution in [0.15, 0.2) is 0 Å². The lowest BCUT2D eigenvalue weighted by atomic mass is 9.94. The smallest absolute Gasteiger partial charge is 0.335 e. The molecule has 0 aliphatic carbocycles. The van der Waals surface area contributed by atoms with Gasteiger partial charge in [0.05, 0.1) is 0 Å². The molecule has 0 aromatic rings. The summed E-state index contributed by atoms with van der Waals surface area (Å²) >= 11 is 0. The molecular formula is C42H58O43. The minimum Gasteiger partial charge on any atom is -0.479 e. The van der Waals surface area contributed by atoms with Gasteiger partial charge in [-0.25, -0.2) is 33.6 Å². The highest BCUT2D eigenvalue weighted by atomic mass is 16.8. The molecule has 7 aliphatic rings. The number of carboxylic acids is 7. The minimum atomic E-state index is -2.71. The summed E-state index contributed by atoms with van der Waals surface area (Å²) in [6.07, 6.45) is -88.0. The second kappa shape index (κ2) is 26.8. The fraction of sp³-hybridized carbons (Fsp3) is 0.833. The summed E-state index contributed by atoms with van der Waals surface area (Å²) in [6, 6.07) is 0. The van der Waals surface area contributed by atoms with Crippen molar-refractivity contribution < 1.29 is 213 Å². The highest BCUT2D eigenvalue weighted by Crippen LogP contribution is 2.38. The first-order valence-corrected chi connectivity index (χ1v) is 24.6. The second-order valence-electron chi connectivity index (χ2n) is 19.8. The van der Waals surface area contributed by atoms with Gasteiger partial charge in [0.1, 0.15) is 128 Å². The van der Waals surface area contributed by atoms with Crippen LogP contribution in [0.1, 0.15) is 0 Å². The Hall–Kier alpha value is -4.87. The molecule has 0 saturated carbocycles. The normalized spacial score (nSPS) is 49.7. The fourth-order valence-electron chi connectivity index (χ4n) is 9.79. The third-order valence-electron chi connectivity index (χ3n) is 14.3. The summed E-state index contributed by atoms with van der Waals surface area (Å²) < 4.78 is 67.1. The zero-order valence-corrected chi connectivity index (χ0v) is 42.2. The number of aliphatic carboxylic acids is 7. The van der Waals surface area contributed by atoms with Gasteiger partial charge in [0.2, 0.25) is 0 Å². The Kier molecular flexibility index (Phi) is 21.4. The maximum atomic E-state index is 12.6. The van der Waals surface area contributed by atoms with Gasteiger partial charge < -0.3 is 179 Å². The van der Waals surface area contributed by atoms with E-state index >= 15 is 0 Å². The van der Waals surface area contributed by atoms with E-state index in [0.717, 1.165) is 0 Å². The van der Waals surface area contributed by atoms with Gasteiger partial charge in [-0.05, 0) is 0 Å². The summed E-state index contributed by atoms with van der Waals surface area (Å²) in [4.78, 5) is 85.8.